The zero-order valence-electron chi connectivity index (χ0n) is 12.1. The topological polar surface area (TPSA) is 82.7 Å². The fraction of sp³-hybridized carbons (Fsp3) is 0.0625. The van der Waals surface area contributed by atoms with E-state index in [-0.39, 0.29) is 6.03 Å². The maximum Gasteiger partial charge on any atom is 0.320 e. The molecule has 0 radical (unpaired) electrons. The van der Waals surface area contributed by atoms with Crippen molar-refractivity contribution in [2.75, 3.05) is 5.32 Å². The van der Waals surface area contributed by atoms with Crippen molar-refractivity contribution in [3.63, 3.8) is 0 Å². The number of benzene rings is 1. The summed E-state index contributed by atoms with van der Waals surface area (Å²) in [6, 6.07) is 14.3. The summed E-state index contributed by atoms with van der Waals surface area (Å²) in [7, 11) is 0. The van der Waals surface area contributed by atoms with E-state index in [0.717, 1.165) is 17.0 Å². The van der Waals surface area contributed by atoms with Gasteiger partial charge < -0.3 is 5.32 Å². The molecular weight excluding hydrogens is 314 g/mol. The van der Waals surface area contributed by atoms with Crippen LogP contribution in [-0.4, -0.2) is 21.2 Å². The van der Waals surface area contributed by atoms with Crippen LogP contribution in [0.15, 0.2) is 54.7 Å². The molecule has 1 aromatic carbocycles. The highest BCUT2D eigenvalue weighted by molar-refractivity contribution is 6.30. The summed E-state index contributed by atoms with van der Waals surface area (Å²) in [5.74, 6) is 0.425. The Morgan fingerprint density at radius 2 is 2.09 bits per heavy atom. The number of hydrogen-bond acceptors (Lipinski definition) is 3. The van der Waals surface area contributed by atoms with Crippen molar-refractivity contribution in [3.8, 4) is 11.4 Å². The number of carbonyl (C=O) groups is 1. The van der Waals surface area contributed by atoms with Gasteiger partial charge in [0.15, 0.2) is 5.82 Å². The number of halogens is 1. The first-order valence-electron chi connectivity index (χ1n) is 6.97. The van der Waals surface area contributed by atoms with Gasteiger partial charge in [-0.05, 0) is 29.8 Å². The molecule has 23 heavy (non-hydrogen) atoms. The molecule has 6 nitrogen and oxygen atoms in total. The highest BCUT2D eigenvalue weighted by atomic mass is 35.5. The average molecular weight is 328 g/mol. The molecule has 2 aromatic heterocycles. The molecule has 0 aliphatic heterocycles. The van der Waals surface area contributed by atoms with Crippen LogP contribution < -0.4 is 10.6 Å². The first kappa shape index (κ1) is 15.1. The number of nitrogens with zero attached hydrogens (tertiary/aromatic N) is 2. The third-order valence-electron chi connectivity index (χ3n) is 3.10. The maximum atomic E-state index is 11.9. The van der Waals surface area contributed by atoms with E-state index in [1.54, 1.807) is 24.4 Å². The summed E-state index contributed by atoms with van der Waals surface area (Å²) in [6.07, 6.45) is 1.70. The summed E-state index contributed by atoms with van der Waals surface area (Å²) in [4.78, 5) is 16.1. The molecule has 0 aliphatic carbocycles. The highest BCUT2D eigenvalue weighted by Crippen LogP contribution is 2.16. The van der Waals surface area contributed by atoms with Crippen molar-refractivity contribution in [2.45, 2.75) is 6.54 Å². The van der Waals surface area contributed by atoms with E-state index < -0.39 is 0 Å². The van der Waals surface area contributed by atoms with E-state index in [0.29, 0.717) is 17.4 Å². The van der Waals surface area contributed by atoms with Crippen molar-refractivity contribution in [1.82, 2.24) is 20.5 Å². The van der Waals surface area contributed by atoms with Gasteiger partial charge in [0.05, 0.1) is 11.4 Å². The molecular formula is C16H14ClN5O. The first-order valence-corrected chi connectivity index (χ1v) is 7.34. The molecule has 2 amide bonds. The molecule has 3 aromatic rings. The van der Waals surface area contributed by atoms with Crippen LogP contribution in [0.1, 0.15) is 5.56 Å². The lowest BCUT2D eigenvalue weighted by Gasteiger charge is -2.05. The van der Waals surface area contributed by atoms with E-state index in [1.165, 1.54) is 0 Å². The summed E-state index contributed by atoms with van der Waals surface area (Å²) in [6.45, 7) is 0.379. The highest BCUT2D eigenvalue weighted by Gasteiger charge is 2.07. The molecule has 3 rings (SSSR count). The van der Waals surface area contributed by atoms with Crippen molar-refractivity contribution < 1.29 is 4.79 Å². The molecule has 0 saturated carbocycles. The maximum absolute atomic E-state index is 11.9. The molecule has 116 valence electrons. The molecule has 0 bridgehead atoms. The van der Waals surface area contributed by atoms with Crippen molar-refractivity contribution in [2.24, 2.45) is 0 Å². The number of hydrogen-bond donors (Lipinski definition) is 3. The van der Waals surface area contributed by atoms with Crippen LogP contribution in [0.3, 0.4) is 0 Å². The quantitative estimate of drug-likeness (QED) is 0.686. The molecule has 0 atom stereocenters. The van der Waals surface area contributed by atoms with Crippen LogP contribution in [0.2, 0.25) is 5.02 Å². The van der Waals surface area contributed by atoms with Gasteiger partial charge >= 0.3 is 6.03 Å². The summed E-state index contributed by atoms with van der Waals surface area (Å²) in [5, 5.41) is 12.9. The van der Waals surface area contributed by atoms with Crippen LogP contribution in [0.25, 0.3) is 11.4 Å². The van der Waals surface area contributed by atoms with Gasteiger partial charge in [0.25, 0.3) is 0 Å². The van der Waals surface area contributed by atoms with E-state index in [1.807, 2.05) is 30.3 Å². The zero-order valence-corrected chi connectivity index (χ0v) is 12.8. The molecule has 0 unspecified atom stereocenters. The lowest BCUT2D eigenvalue weighted by atomic mass is 10.2. The minimum absolute atomic E-state index is 0.343. The summed E-state index contributed by atoms with van der Waals surface area (Å²) >= 11 is 5.90. The van der Waals surface area contributed by atoms with Gasteiger partial charge in [-0.3, -0.25) is 15.4 Å². The van der Waals surface area contributed by atoms with Crippen LogP contribution >= 0.6 is 11.6 Å². The average Bonchev–Trinajstić information content (AvgIpc) is 3.02. The molecule has 0 spiro atoms. The van der Waals surface area contributed by atoms with Gasteiger partial charge in [0, 0.05) is 23.8 Å². The Hall–Kier alpha value is -2.86. The monoisotopic (exact) mass is 327 g/mol. The van der Waals surface area contributed by atoms with E-state index in [9.17, 15) is 4.79 Å². The largest absolute Gasteiger partial charge is 0.334 e. The minimum atomic E-state index is -0.343. The SMILES string of the molecule is O=C(NCc1cccc(Cl)c1)Nc1cc(-c2ccccn2)[nH]n1. The van der Waals surface area contributed by atoms with E-state index in [4.69, 9.17) is 11.6 Å². The number of anilines is 1. The zero-order chi connectivity index (χ0) is 16.1. The second kappa shape index (κ2) is 6.93. The molecule has 0 aliphatic rings. The number of amides is 2. The lowest BCUT2D eigenvalue weighted by molar-refractivity contribution is 0.251. The Morgan fingerprint density at radius 3 is 2.87 bits per heavy atom. The van der Waals surface area contributed by atoms with Gasteiger partial charge in [-0.25, -0.2) is 4.79 Å². The van der Waals surface area contributed by atoms with Gasteiger partial charge in [-0.15, -0.1) is 0 Å². The number of aromatic nitrogens is 3. The van der Waals surface area contributed by atoms with Gasteiger partial charge in [-0.1, -0.05) is 29.8 Å². The number of urea groups is 1. The van der Waals surface area contributed by atoms with Gasteiger partial charge in [0.2, 0.25) is 0 Å². The molecule has 0 fully saturated rings. The van der Waals surface area contributed by atoms with Crippen LogP contribution in [0, 0.1) is 0 Å². The van der Waals surface area contributed by atoms with Crippen LogP contribution in [-0.2, 0) is 6.54 Å². The van der Waals surface area contributed by atoms with Crippen LogP contribution in [0.4, 0.5) is 10.6 Å². The Morgan fingerprint density at radius 1 is 1.17 bits per heavy atom. The predicted octanol–water partition coefficient (Wildman–Crippen LogP) is 3.45. The number of H-pyrrole nitrogens is 1. The number of carbonyl (C=O) groups excluding carboxylic acids is 1. The Labute approximate surface area is 137 Å². The fourth-order valence-electron chi connectivity index (χ4n) is 2.03. The molecule has 0 saturated heterocycles. The van der Waals surface area contributed by atoms with E-state index >= 15 is 0 Å². The number of pyridine rings is 1. The second-order valence-electron chi connectivity index (χ2n) is 4.82. The Bertz CT molecular complexity index is 803. The normalized spacial score (nSPS) is 10.3. The number of rotatable bonds is 4. The first-order chi connectivity index (χ1) is 11.2. The fourth-order valence-corrected chi connectivity index (χ4v) is 2.24. The van der Waals surface area contributed by atoms with Crippen molar-refractivity contribution >= 4 is 23.4 Å². The summed E-state index contributed by atoms with van der Waals surface area (Å²) < 4.78 is 0. The Kier molecular flexibility index (Phi) is 4.54. The summed E-state index contributed by atoms with van der Waals surface area (Å²) in [5.41, 5.74) is 2.41. The third kappa shape index (κ3) is 4.08. The standard InChI is InChI=1S/C16H14ClN5O/c17-12-5-3-4-11(8-12)10-19-16(23)20-15-9-14(21-22-15)13-6-1-2-7-18-13/h1-9H,10H2,(H3,19,20,21,22,23). The number of nitrogens with one attached hydrogen (secondary N) is 3. The predicted molar refractivity (Wildman–Crippen MR) is 89.1 cm³/mol. The molecule has 3 N–H and O–H groups in total. The van der Waals surface area contributed by atoms with Gasteiger partial charge in [-0.2, -0.15) is 5.10 Å². The number of aromatic amines is 1. The van der Waals surface area contributed by atoms with Crippen LogP contribution in [0.5, 0.6) is 0 Å². The second-order valence-corrected chi connectivity index (χ2v) is 5.26. The molecule has 2 heterocycles. The smallest absolute Gasteiger partial charge is 0.320 e. The molecule has 7 heteroatoms. The third-order valence-corrected chi connectivity index (χ3v) is 3.34. The van der Waals surface area contributed by atoms with Crippen molar-refractivity contribution in [3.05, 3.63) is 65.3 Å². The van der Waals surface area contributed by atoms with E-state index in [2.05, 4.69) is 25.8 Å². The Balaban J connectivity index is 1.57. The lowest BCUT2D eigenvalue weighted by Crippen LogP contribution is -2.28. The van der Waals surface area contributed by atoms with Gasteiger partial charge in [0.1, 0.15) is 0 Å². The van der Waals surface area contributed by atoms with Crippen molar-refractivity contribution in [1.29, 1.82) is 0 Å². The minimum Gasteiger partial charge on any atom is -0.334 e.